The number of benzene rings is 3. The highest BCUT2D eigenvalue weighted by atomic mass is 32.2. The van der Waals surface area contributed by atoms with Crippen molar-refractivity contribution < 1.29 is 27.1 Å². The molecule has 0 aromatic heterocycles. The average molecular weight is 556 g/mol. The second-order valence-electron chi connectivity index (χ2n) is 9.24. The summed E-state index contributed by atoms with van der Waals surface area (Å²) in [4.78, 5) is 28.0. The van der Waals surface area contributed by atoms with Crippen molar-refractivity contribution in [1.82, 2.24) is 10.2 Å². The minimum absolute atomic E-state index is 0.0161. The summed E-state index contributed by atoms with van der Waals surface area (Å²) in [6.45, 7) is 6.88. The number of amides is 2. The maximum atomic E-state index is 13.8. The van der Waals surface area contributed by atoms with E-state index < -0.39 is 34.3 Å². The van der Waals surface area contributed by atoms with Gasteiger partial charge in [-0.25, -0.2) is 12.8 Å². The van der Waals surface area contributed by atoms with E-state index in [9.17, 15) is 22.4 Å². The van der Waals surface area contributed by atoms with E-state index >= 15 is 0 Å². The Morgan fingerprint density at radius 3 is 2.10 bits per heavy atom. The average Bonchev–Trinajstić information content (AvgIpc) is 2.91. The van der Waals surface area contributed by atoms with Crippen LogP contribution in [0.1, 0.15) is 33.3 Å². The van der Waals surface area contributed by atoms with Crippen molar-refractivity contribution in [1.29, 1.82) is 0 Å². The van der Waals surface area contributed by atoms with E-state index in [-0.39, 0.29) is 29.1 Å². The Labute approximate surface area is 229 Å². The third kappa shape index (κ3) is 7.79. The first-order valence-corrected chi connectivity index (χ1v) is 14.1. The van der Waals surface area contributed by atoms with Crippen molar-refractivity contribution in [3.05, 3.63) is 90.2 Å². The number of carbonyl (C=O) groups excluding carboxylic acids is 2. The Bertz CT molecular complexity index is 1350. The summed E-state index contributed by atoms with van der Waals surface area (Å²) in [5.41, 5.74) is 0.851. The fourth-order valence-electron chi connectivity index (χ4n) is 3.90. The van der Waals surface area contributed by atoms with Crippen molar-refractivity contribution in [2.75, 3.05) is 17.5 Å². The number of carbonyl (C=O) groups is 2. The number of anilines is 1. The van der Waals surface area contributed by atoms with E-state index in [1.54, 1.807) is 63.2 Å². The normalized spacial score (nSPS) is 12.1. The zero-order valence-electron chi connectivity index (χ0n) is 22.5. The van der Waals surface area contributed by atoms with Crippen LogP contribution in [0.4, 0.5) is 10.1 Å². The van der Waals surface area contributed by atoms with Gasteiger partial charge in [-0.3, -0.25) is 13.9 Å². The number of nitrogens with zero attached hydrogens (tertiary/aromatic N) is 2. The fraction of sp³-hybridized carbons (Fsp3) is 0.310. The number of rotatable bonds is 12. The van der Waals surface area contributed by atoms with Gasteiger partial charge in [0.1, 0.15) is 24.2 Å². The zero-order valence-corrected chi connectivity index (χ0v) is 23.3. The van der Waals surface area contributed by atoms with Crippen LogP contribution in [0.5, 0.6) is 5.75 Å². The van der Waals surface area contributed by atoms with E-state index in [4.69, 9.17) is 4.74 Å². The molecule has 3 rings (SSSR count). The summed E-state index contributed by atoms with van der Waals surface area (Å²) in [6, 6.07) is 18.7. The first-order chi connectivity index (χ1) is 18.5. The molecular weight excluding hydrogens is 521 g/mol. The van der Waals surface area contributed by atoms with E-state index in [1.807, 2.05) is 6.92 Å². The van der Waals surface area contributed by atoms with Crippen molar-refractivity contribution in [2.24, 2.45) is 0 Å². The number of ether oxygens (including phenoxy) is 1. The molecule has 0 spiro atoms. The highest BCUT2D eigenvalue weighted by Gasteiger charge is 2.32. The molecule has 3 aromatic carbocycles. The first-order valence-electron chi connectivity index (χ1n) is 12.7. The third-order valence-electron chi connectivity index (χ3n) is 5.91. The van der Waals surface area contributed by atoms with Gasteiger partial charge < -0.3 is 15.0 Å². The van der Waals surface area contributed by atoms with Crippen LogP contribution >= 0.6 is 0 Å². The second kappa shape index (κ2) is 13.2. The van der Waals surface area contributed by atoms with Gasteiger partial charge in [0.15, 0.2) is 0 Å². The van der Waals surface area contributed by atoms with Crippen molar-refractivity contribution in [2.45, 2.75) is 51.2 Å². The molecule has 0 aliphatic heterocycles. The molecule has 10 heteroatoms. The molecule has 1 N–H and O–H groups in total. The molecular formula is C29H34FN3O5S. The molecule has 2 amide bonds. The maximum absolute atomic E-state index is 13.8. The lowest BCUT2D eigenvalue weighted by Gasteiger charge is -2.32. The molecule has 0 radical (unpaired) electrons. The number of nitrogens with one attached hydrogen (secondary N) is 1. The van der Waals surface area contributed by atoms with E-state index in [0.717, 1.165) is 4.31 Å². The van der Waals surface area contributed by atoms with Crippen LogP contribution in [0, 0.1) is 5.82 Å². The Morgan fingerprint density at radius 1 is 0.923 bits per heavy atom. The van der Waals surface area contributed by atoms with Gasteiger partial charge in [-0.15, -0.1) is 0 Å². The van der Waals surface area contributed by atoms with E-state index in [2.05, 4.69) is 5.32 Å². The summed E-state index contributed by atoms with van der Waals surface area (Å²) in [5.74, 6) is -0.863. The molecule has 208 valence electrons. The SMILES string of the molecule is CCOc1ccc(N(CC(=O)N(Cc2ccc(F)cc2)[C@@H](C)C(=O)NC(C)C)S(=O)(=O)c2ccccc2)cc1. The minimum Gasteiger partial charge on any atom is -0.494 e. The largest absolute Gasteiger partial charge is 0.494 e. The Morgan fingerprint density at radius 2 is 1.54 bits per heavy atom. The Hall–Kier alpha value is -3.92. The Kier molecular flexibility index (Phi) is 10.1. The van der Waals surface area contributed by atoms with Gasteiger partial charge in [0.25, 0.3) is 10.0 Å². The summed E-state index contributed by atoms with van der Waals surface area (Å²) >= 11 is 0. The highest BCUT2D eigenvalue weighted by molar-refractivity contribution is 7.92. The monoisotopic (exact) mass is 555 g/mol. The third-order valence-corrected chi connectivity index (χ3v) is 7.70. The van der Waals surface area contributed by atoms with Crippen molar-refractivity contribution in [3.63, 3.8) is 0 Å². The Balaban J connectivity index is 2.01. The van der Waals surface area contributed by atoms with E-state index in [0.29, 0.717) is 17.9 Å². The summed E-state index contributed by atoms with van der Waals surface area (Å²) in [5, 5.41) is 2.79. The molecule has 0 bridgehead atoms. The lowest BCUT2D eigenvalue weighted by molar-refractivity contribution is -0.139. The van der Waals surface area contributed by atoms with Gasteiger partial charge in [-0.05, 0) is 81.8 Å². The molecule has 39 heavy (non-hydrogen) atoms. The van der Waals surface area contributed by atoms with Gasteiger partial charge in [-0.2, -0.15) is 0 Å². The quantitative estimate of drug-likeness (QED) is 0.358. The molecule has 0 aliphatic carbocycles. The molecule has 0 saturated carbocycles. The number of hydrogen-bond donors (Lipinski definition) is 1. The minimum atomic E-state index is -4.16. The topological polar surface area (TPSA) is 96.0 Å². The predicted octanol–water partition coefficient (Wildman–Crippen LogP) is 4.36. The van der Waals surface area contributed by atoms with Gasteiger partial charge >= 0.3 is 0 Å². The van der Waals surface area contributed by atoms with Crippen LogP contribution in [0.15, 0.2) is 83.8 Å². The lowest BCUT2D eigenvalue weighted by Crippen LogP contribution is -2.52. The van der Waals surface area contributed by atoms with Crippen molar-refractivity contribution in [3.8, 4) is 5.75 Å². The highest BCUT2D eigenvalue weighted by Crippen LogP contribution is 2.26. The van der Waals surface area contributed by atoms with Crippen molar-refractivity contribution >= 4 is 27.5 Å². The van der Waals surface area contributed by atoms with Crippen LogP contribution in [-0.4, -0.2) is 50.4 Å². The summed E-state index contributed by atoms with van der Waals surface area (Å²) < 4.78 is 47.5. The smallest absolute Gasteiger partial charge is 0.264 e. The molecule has 0 heterocycles. The van der Waals surface area contributed by atoms with Crippen LogP contribution in [0.3, 0.4) is 0 Å². The molecule has 0 aliphatic rings. The van der Waals surface area contributed by atoms with Gasteiger partial charge in [0.05, 0.1) is 17.2 Å². The molecule has 8 nitrogen and oxygen atoms in total. The summed E-state index contributed by atoms with van der Waals surface area (Å²) in [7, 11) is -4.16. The molecule has 1 atom stereocenters. The van der Waals surface area contributed by atoms with Crippen LogP contribution in [0.25, 0.3) is 0 Å². The molecule has 0 fully saturated rings. The maximum Gasteiger partial charge on any atom is 0.264 e. The standard InChI is InChI=1S/C29H34FN3O5S/c1-5-38-26-17-15-25(16-18-26)33(39(36,37)27-9-7-6-8-10-27)20-28(34)32(22(4)29(35)31-21(2)3)19-23-11-13-24(30)14-12-23/h6-18,21-22H,5,19-20H2,1-4H3,(H,31,35)/t22-/m0/s1. The lowest BCUT2D eigenvalue weighted by atomic mass is 10.1. The van der Waals surface area contributed by atoms with Crippen LogP contribution < -0.4 is 14.4 Å². The first kappa shape index (κ1) is 29.6. The molecule has 3 aromatic rings. The predicted molar refractivity (Wildman–Crippen MR) is 148 cm³/mol. The summed E-state index contributed by atoms with van der Waals surface area (Å²) in [6.07, 6.45) is 0. The number of halogens is 1. The number of sulfonamides is 1. The zero-order chi connectivity index (χ0) is 28.6. The molecule has 0 saturated heterocycles. The number of hydrogen-bond acceptors (Lipinski definition) is 5. The second-order valence-corrected chi connectivity index (χ2v) is 11.1. The van der Waals surface area contributed by atoms with Gasteiger partial charge in [0, 0.05) is 12.6 Å². The van der Waals surface area contributed by atoms with Crippen LogP contribution in [-0.2, 0) is 26.2 Å². The van der Waals surface area contributed by atoms with Gasteiger partial charge in [-0.1, -0.05) is 30.3 Å². The van der Waals surface area contributed by atoms with Crippen LogP contribution in [0.2, 0.25) is 0 Å². The molecule has 0 unspecified atom stereocenters. The van der Waals surface area contributed by atoms with E-state index in [1.165, 1.54) is 41.3 Å². The van der Waals surface area contributed by atoms with Gasteiger partial charge in [0.2, 0.25) is 11.8 Å². The fourth-order valence-corrected chi connectivity index (χ4v) is 5.33.